The standard InChI is InChI=1S/C15H15ClN2O2/c1-9-12-5-6-18(17-10(2)19)8-14(12)13-4-3-11(16)7-15(13)20-9/h3-7,9H,8H2,1-2H3,(H,17,19). The summed E-state index contributed by atoms with van der Waals surface area (Å²) in [5.41, 5.74) is 6.11. The molecule has 1 amide bonds. The van der Waals surface area contributed by atoms with Crippen molar-refractivity contribution in [2.24, 2.45) is 0 Å². The number of ether oxygens (including phenoxy) is 1. The van der Waals surface area contributed by atoms with Gasteiger partial charge < -0.3 is 4.74 Å². The molecule has 1 aromatic carbocycles. The third-order valence-electron chi connectivity index (χ3n) is 3.42. The van der Waals surface area contributed by atoms with Gasteiger partial charge >= 0.3 is 0 Å². The van der Waals surface area contributed by atoms with Gasteiger partial charge in [-0.2, -0.15) is 0 Å². The van der Waals surface area contributed by atoms with Gasteiger partial charge in [-0.05, 0) is 42.3 Å². The summed E-state index contributed by atoms with van der Waals surface area (Å²) in [5, 5.41) is 2.43. The molecule has 1 N–H and O–H groups in total. The van der Waals surface area contributed by atoms with Gasteiger partial charge in [0.25, 0.3) is 0 Å². The molecule has 3 rings (SSSR count). The smallest absolute Gasteiger partial charge is 0.235 e. The van der Waals surface area contributed by atoms with Gasteiger partial charge in [0.1, 0.15) is 11.9 Å². The van der Waals surface area contributed by atoms with E-state index >= 15 is 0 Å². The zero-order chi connectivity index (χ0) is 14.3. The van der Waals surface area contributed by atoms with Crippen LogP contribution < -0.4 is 10.2 Å². The molecule has 0 aliphatic carbocycles. The van der Waals surface area contributed by atoms with Crippen LogP contribution in [-0.2, 0) is 4.79 Å². The van der Waals surface area contributed by atoms with Crippen LogP contribution in [0.4, 0.5) is 0 Å². The second-order valence-electron chi connectivity index (χ2n) is 4.95. The van der Waals surface area contributed by atoms with Gasteiger partial charge in [-0.1, -0.05) is 11.6 Å². The minimum atomic E-state index is -0.0878. The van der Waals surface area contributed by atoms with Crippen LogP contribution in [0.15, 0.2) is 36.0 Å². The zero-order valence-corrected chi connectivity index (χ0v) is 12.1. The van der Waals surface area contributed by atoms with E-state index in [0.29, 0.717) is 11.6 Å². The maximum atomic E-state index is 11.2. The predicted octanol–water partition coefficient (Wildman–Crippen LogP) is 2.75. The number of rotatable bonds is 1. The van der Waals surface area contributed by atoms with E-state index in [4.69, 9.17) is 16.3 Å². The molecular formula is C15H15ClN2O2. The fraction of sp³-hybridized carbons (Fsp3) is 0.267. The molecular weight excluding hydrogens is 276 g/mol. The first kappa shape index (κ1) is 13.1. The molecule has 2 aliphatic heterocycles. The molecule has 0 saturated carbocycles. The monoisotopic (exact) mass is 290 g/mol. The van der Waals surface area contributed by atoms with Crippen molar-refractivity contribution < 1.29 is 9.53 Å². The number of fused-ring (bicyclic) bond motifs is 2. The zero-order valence-electron chi connectivity index (χ0n) is 11.3. The first-order valence-corrected chi connectivity index (χ1v) is 6.84. The summed E-state index contributed by atoms with van der Waals surface area (Å²) in [6, 6.07) is 5.65. The third-order valence-corrected chi connectivity index (χ3v) is 3.66. The van der Waals surface area contributed by atoms with Crippen molar-refractivity contribution in [3.05, 3.63) is 46.6 Å². The van der Waals surface area contributed by atoms with Crippen LogP contribution in [0.25, 0.3) is 5.57 Å². The van der Waals surface area contributed by atoms with Crippen LogP contribution >= 0.6 is 11.6 Å². The lowest BCUT2D eigenvalue weighted by Crippen LogP contribution is -2.40. The number of hydrogen-bond acceptors (Lipinski definition) is 3. The molecule has 104 valence electrons. The Morgan fingerprint density at radius 1 is 1.50 bits per heavy atom. The third kappa shape index (κ3) is 2.27. The number of carbonyl (C=O) groups excluding carboxylic acids is 1. The highest BCUT2D eigenvalue weighted by molar-refractivity contribution is 6.30. The first-order chi connectivity index (χ1) is 9.54. The number of hydrazine groups is 1. The van der Waals surface area contributed by atoms with Crippen molar-refractivity contribution >= 4 is 23.1 Å². The van der Waals surface area contributed by atoms with Crippen LogP contribution in [0, 0.1) is 0 Å². The number of hydrogen-bond donors (Lipinski definition) is 1. The summed E-state index contributed by atoms with van der Waals surface area (Å²) in [5.74, 6) is 0.706. The lowest BCUT2D eigenvalue weighted by atomic mass is 9.91. The van der Waals surface area contributed by atoms with Crippen LogP contribution in [0.3, 0.4) is 0 Å². The Labute approximate surface area is 122 Å². The average molecular weight is 291 g/mol. The Morgan fingerprint density at radius 3 is 3.05 bits per heavy atom. The lowest BCUT2D eigenvalue weighted by Gasteiger charge is -2.34. The summed E-state index contributed by atoms with van der Waals surface area (Å²) < 4.78 is 5.90. The van der Waals surface area contributed by atoms with Crippen LogP contribution in [0.5, 0.6) is 5.75 Å². The van der Waals surface area contributed by atoms with Crippen molar-refractivity contribution in [1.82, 2.24) is 10.4 Å². The van der Waals surface area contributed by atoms with Gasteiger partial charge in [0.05, 0.1) is 6.54 Å². The Kier molecular flexibility index (Phi) is 3.18. The van der Waals surface area contributed by atoms with Crippen molar-refractivity contribution in [3.8, 4) is 5.75 Å². The van der Waals surface area contributed by atoms with E-state index in [1.165, 1.54) is 6.92 Å². The van der Waals surface area contributed by atoms with Gasteiger partial charge in [-0.25, -0.2) is 0 Å². The Balaban J connectivity index is 2.00. The van der Waals surface area contributed by atoms with Gasteiger partial charge in [-0.3, -0.25) is 15.2 Å². The Morgan fingerprint density at radius 2 is 2.30 bits per heavy atom. The molecule has 0 spiro atoms. The molecule has 2 aliphatic rings. The predicted molar refractivity (Wildman–Crippen MR) is 78.1 cm³/mol. The molecule has 0 fully saturated rings. The SMILES string of the molecule is CC(=O)NN1C=CC2=C(C1)c1ccc(Cl)cc1OC2C. The second kappa shape index (κ2) is 4.87. The van der Waals surface area contributed by atoms with E-state index in [9.17, 15) is 4.79 Å². The summed E-state index contributed by atoms with van der Waals surface area (Å²) in [6.45, 7) is 4.13. The number of benzene rings is 1. The van der Waals surface area contributed by atoms with Crippen LogP contribution in [0.1, 0.15) is 19.4 Å². The van der Waals surface area contributed by atoms with Gasteiger partial charge in [-0.15, -0.1) is 0 Å². The van der Waals surface area contributed by atoms with Crippen molar-refractivity contribution in [2.75, 3.05) is 6.54 Å². The van der Waals surface area contributed by atoms with Crippen LogP contribution in [-0.4, -0.2) is 23.6 Å². The van der Waals surface area contributed by atoms with E-state index in [0.717, 1.165) is 22.5 Å². The summed E-state index contributed by atoms with van der Waals surface area (Å²) >= 11 is 6.02. The quantitative estimate of drug-likeness (QED) is 0.865. The molecule has 5 heteroatoms. The minimum absolute atomic E-state index is 0.0216. The summed E-state index contributed by atoms with van der Waals surface area (Å²) in [6.07, 6.45) is 3.82. The second-order valence-corrected chi connectivity index (χ2v) is 5.38. The largest absolute Gasteiger partial charge is 0.485 e. The van der Waals surface area contributed by atoms with E-state index < -0.39 is 0 Å². The number of halogens is 1. The lowest BCUT2D eigenvalue weighted by molar-refractivity contribution is -0.122. The van der Waals surface area contributed by atoms with Gasteiger partial charge in [0.2, 0.25) is 5.91 Å². The Bertz CT molecular complexity index is 637. The van der Waals surface area contributed by atoms with E-state index in [-0.39, 0.29) is 12.0 Å². The van der Waals surface area contributed by atoms with E-state index in [1.54, 1.807) is 5.01 Å². The fourth-order valence-electron chi connectivity index (χ4n) is 2.58. The summed E-state index contributed by atoms with van der Waals surface area (Å²) in [4.78, 5) is 11.2. The van der Waals surface area contributed by atoms with Crippen molar-refractivity contribution in [3.63, 3.8) is 0 Å². The van der Waals surface area contributed by atoms with Crippen molar-refractivity contribution in [2.45, 2.75) is 20.0 Å². The molecule has 0 saturated heterocycles. The van der Waals surface area contributed by atoms with E-state index in [2.05, 4.69) is 5.43 Å². The fourth-order valence-corrected chi connectivity index (χ4v) is 2.74. The van der Waals surface area contributed by atoms with E-state index in [1.807, 2.05) is 37.4 Å². The van der Waals surface area contributed by atoms with Crippen molar-refractivity contribution in [1.29, 1.82) is 0 Å². The number of carbonyl (C=O) groups is 1. The molecule has 0 aromatic heterocycles. The maximum absolute atomic E-state index is 11.2. The summed E-state index contributed by atoms with van der Waals surface area (Å²) in [7, 11) is 0. The highest BCUT2D eigenvalue weighted by Gasteiger charge is 2.27. The molecule has 20 heavy (non-hydrogen) atoms. The molecule has 1 unspecified atom stereocenters. The molecule has 1 aromatic rings. The average Bonchev–Trinajstić information content (AvgIpc) is 2.37. The minimum Gasteiger partial charge on any atom is -0.485 e. The topological polar surface area (TPSA) is 41.6 Å². The molecule has 1 atom stereocenters. The Hall–Kier alpha value is -1.94. The molecule has 0 radical (unpaired) electrons. The highest BCUT2D eigenvalue weighted by atomic mass is 35.5. The number of nitrogens with one attached hydrogen (secondary N) is 1. The number of nitrogens with zero attached hydrogens (tertiary/aromatic N) is 1. The normalized spacial score (nSPS) is 20.1. The molecule has 2 heterocycles. The highest BCUT2D eigenvalue weighted by Crippen LogP contribution is 2.39. The van der Waals surface area contributed by atoms with Gasteiger partial charge in [0.15, 0.2) is 0 Å². The van der Waals surface area contributed by atoms with Gasteiger partial charge in [0, 0.05) is 23.7 Å². The van der Waals surface area contributed by atoms with Crippen LogP contribution in [0.2, 0.25) is 5.02 Å². The molecule has 4 nitrogen and oxygen atoms in total. The number of amides is 1. The maximum Gasteiger partial charge on any atom is 0.235 e. The molecule has 0 bridgehead atoms. The first-order valence-electron chi connectivity index (χ1n) is 6.46.